The summed E-state index contributed by atoms with van der Waals surface area (Å²) in [6, 6.07) is 6.75. The van der Waals surface area contributed by atoms with E-state index in [-0.39, 0.29) is 12.4 Å². The molecule has 72 valence electrons. The van der Waals surface area contributed by atoms with E-state index in [0.717, 1.165) is 0 Å². The van der Waals surface area contributed by atoms with Gasteiger partial charge in [0, 0.05) is 5.02 Å². The zero-order chi connectivity index (χ0) is 10.6. The zero-order valence-electron chi connectivity index (χ0n) is 7.58. The lowest BCUT2D eigenvalue weighted by atomic mass is 10.1. The van der Waals surface area contributed by atoms with Gasteiger partial charge in [-0.1, -0.05) is 11.6 Å². The maximum atomic E-state index is 11.0. The number of carbonyl (C=O) groups excluding carboxylic acids is 1. The number of methoxy groups -OCH3 is 1. The summed E-state index contributed by atoms with van der Waals surface area (Å²) < 4.78 is 4.50. The summed E-state index contributed by atoms with van der Waals surface area (Å²) in [6.45, 7) is 0. The van der Waals surface area contributed by atoms with Gasteiger partial charge in [0.1, 0.15) is 0 Å². The number of nitriles is 1. The Morgan fingerprint density at radius 1 is 1.64 bits per heavy atom. The molecule has 0 saturated heterocycles. The summed E-state index contributed by atoms with van der Waals surface area (Å²) in [4.78, 5) is 11.0. The third-order valence-corrected chi connectivity index (χ3v) is 2.11. The zero-order valence-corrected chi connectivity index (χ0v) is 8.34. The van der Waals surface area contributed by atoms with Crippen LogP contribution in [0.15, 0.2) is 18.2 Å². The average molecular weight is 210 g/mol. The van der Waals surface area contributed by atoms with Gasteiger partial charge in [-0.2, -0.15) is 5.26 Å². The van der Waals surface area contributed by atoms with Crippen LogP contribution in [-0.2, 0) is 16.0 Å². The molecule has 0 saturated carbocycles. The van der Waals surface area contributed by atoms with Gasteiger partial charge < -0.3 is 4.74 Å². The highest BCUT2D eigenvalue weighted by Gasteiger charge is 2.07. The minimum atomic E-state index is -0.373. The van der Waals surface area contributed by atoms with Crippen LogP contribution in [0, 0.1) is 11.3 Å². The van der Waals surface area contributed by atoms with Crippen LogP contribution in [0.2, 0.25) is 5.02 Å². The molecule has 0 aliphatic carbocycles. The lowest BCUT2D eigenvalue weighted by Crippen LogP contribution is -2.05. The Hall–Kier alpha value is -1.53. The summed E-state index contributed by atoms with van der Waals surface area (Å²) in [7, 11) is 1.31. The fourth-order valence-corrected chi connectivity index (χ4v) is 1.19. The standard InChI is InChI=1S/C10H8ClNO2/c1-14-10(13)5-8-4-7(6-12)2-3-9(8)11/h2-4H,5H2,1H3. The number of nitrogens with zero attached hydrogens (tertiary/aromatic N) is 1. The fourth-order valence-electron chi connectivity index (χ4n) is 1.01. The number of hydrogen-bond acceptors (Lipinski definition) is 3. The topological polar surface area (TPSA) is 50.1 Å². The van der Waals surface area contributed by atoms with Crippen molar-refractivity contribution < 1.29 is 9.53 Å². The Kier molecular flexibility index (Phi) is 3.49. The Morgan fingerprint density at radius 2 is 2.36 bits per heavy atom. The van der Waals surface area contributed by atoms with Crippen molar-refractivity contribution in [1.82, 2.24) is 0 Å². The largest absolute Gasteiger partial charge is 0.469 e. The number of rotatable bonds is 2. The molecular formula is C10H8ClNO2. The summed E-state index contributed by atoms with van der Waals surface area (Å²) >= 11 is 5.84. The van der Waals surface area contributed by atoms with Crippen LogP contribution in [0.3, 0.4) is 0 Å². The van der Waals surface area contributed by atoms with Crippen LogP contribution in [0.4, 0.5) is 0 Å². The first kappa shape index (κ1) is 10.6. The quantitative estimate of drug-likeness (QED) is 0.700. The van der Waals surface area contributed by atoms with E-state index in [1.807, 2.05) is 6.07 Å². The Balaban J connectivity index is 2.96. The predicted octanol–water partition coefficient (Wildman–Crippen LogP) is 1.93. The minimum absolute atomic E-state index is 0.0881. The van der Waals surface area contributed by atoms with Gasteiger partial charge >= 0.3 is 5.97 Å². The molecule has 0 aliphatic heterocycles. The molecule has 0 amide bonds. The molecule has 0 aliphatic rings. The lowest BCUT2D eigenvalue weighted by molar-refractivity contribution is -0.139. The van der Waals surface area contributed by atoms with E-state index < -0.39 is 0 Å². The number of esters is 1. The van der Waals surface area contributed by atoms with Crippen LogP contribution >= 0.6 is 11.6 Å². The second-order valence-corrected chi connectivity index (χ2v) is 3.08. The van der Waals surface area contributed by atoms with Crippen molar-refractivity contribution in [2.24, 2.45) is 0 Å². The first-order valence-electron chi connectivity index (χ1n) is 3.92. The summed E-state index contributed by atoms with van der Waals surface area (Å²) in [6.07, 6.45) is 0.0881. The molecule has 4 heteroatoms. The summed E-state index contributed by atoms with van der Waals surface area (Å²) in [5, 5.41) is 9.10. The molecule has 0 fully saturated rings. The van der Waals surface area contributed by atoms with Crippen LogP contribution in [0.1, 0.15) is 11.1 Å². The Morgan fingerprint density at radius 3 is 2.93 bits per heavy atom. The van der Waals surface area contributed by atoms with E-state index >= 15 is 0 Å². The van der Waals surface area contributed by atoms with Crippen LogP contribution in [0.25, 0.3) is 0 Å². The first-order valence-corrected chi connectivity index (χ1v) is 4.30. The molecule has 0 atom stereocenters. The van der Waals surface area contributed by atoms with Crippen molar-refractivity contribution in [3.8, 4) is 6.07 Å². The molecule has 1 aromatic rings. The van der Waals surface area contributed by atoms with Crippen LogP contribution in [0.5, 0.6) is 0 Å². The third kappa shape index (κ3) is 2.48. The second kappa shape index (κ2) is 4.64. The number of hydrogen-bond donors (Lipinski definition) is 0. The van der Waals surface area contributed by atoms with E-state index in [1.165, 1.54) is 7.11 Å². The molecule has 0 heterocycles. The van der Waals surface area contributed by atoms with Crippen molar-refractivity contribution in [2.75, 3.05) is 7.11 Å². The fraction of sp³-hybridized carbons (Fsp3) is 0.200. The van der Waals surface area contributed by atoms with Crippen molar-refractivity contribution in [1.29, 1.82) is 5.26 Å². The van der Waals surface area contributed by atoms with Crippen LogP contribution < -0.4 is 0 Å². The maximum absolute atomic E-state index is 11.0. The van der Waals surface area contributed by atoms with Gasteiger partial charge in [0.15, 0.2) is 0 Å². The van der Waals surface area contributed by atoms with Gasteiger partial charge in [-0.3, -0.25) is 4.79 Å². The molecular weight excluding hydrogens is 202 g/mol. The second-order valence-electron chi connectivity index (χ2n) is 2.67. The van der Waals surface area contributed by atoms with Crippen molar-refractivity contribution in [2.45, 2.75) is 6.42 Å². The molecule has 3 nitrogen and oxygen atoms in total. The van der Waals surface area contributed by atoms with Crippen molar-refractivity contribution in [3.05, 3.63) is 34.3 Å². The monoisotopic (exact) mass is 209 g/mol. The highest BCUT2D eigenvalue weighted by Crippen LogP contribution is 2.18. The van der Waals surface area contributed by atoms with Gasteiger partial charge in [0.2, 0.25) is 0 Å². The summed E-state index contributed by atoms with van der Waals surface area (Å²) in [5.74, 6) is -0.373. The number of carbonyl (C=O) groups is 1. The highest BCUT2D eigenvalue weighted by molar-refractivity contribution is 6.31. The van der Waals surface area contributed by atoms with E-state index in [1.54, 1.807) is 18.2 Å². The molecule has 14 heavy (non-hydrogen) atoms. The number of halogens is 1. The smallest absolute Gasteiger partial charge is 0.310 e. The van der Waals surface area contributed by atoms with Gasteiger partial charge in [0.05, 0.1) is 25.2 Å². The number of ether oxygens (including phenoxy) is 1. The molecule has 0 spiro atoms. The third-order valence-electron chi connectivity index (χ3n) is 1.74. The Labute approximate surface area is 86.9 Å². The molecule has 0 N–H and O–H groups in total. The van der Waals surface area contributed by atoms with Gasteiger partial charge in [-0.15, -0.1) is 0 Å². The molecule has 0 unspecified atom stereocenters. The van der Waals surface area contributed by atoms with Gasteiger partial charge in [-0.05, 0) is 23.8 Å². The van der Waals surface area contributed by atoms with Crippen molar-refractivity contribution >= 4 is 17.6 Å². The van der Waals surface area contributed by atoms with Crippen LogP contribution in [-0.4, -0.2) is 13.1 Å². The highest BCUT2D eigenvalue weighted by atomic mass is 35.5. The van der Waals surface area contributed by atoms with Gasteiger partial charge in [0.25, 0.3) is 0 Å². The Bertz CT molecular complexity index is 396. The predicted molar refractivity (Wildman–Crippen MR) is 51.9 cm³/mol. The maximum Gasteiger partial charge on any atom is 0.310 e. The molecule has 1 rings (SSSR count). The lowest BCUT2D eigenvalue weighted by Gasteiger charge is -2.02. The molecule has 0 aromatic heterocycles. The number of benzene rings is 1. The first-order chi connectivity index (χ1) is 6.67. The average Bonchev–Trinajstić information content (AvgIpc) is 2.21. The SMILES string of the molecule is COC(=O)Cc1cc(C#N)ccc1Cl. The molecule has 1 aromatic carbocycles. The van der Waals surface area contributed by atoms with E-state index in [2.05, 4.69) is 4.74 Å². The normalized spacial score (nSPS) is 9.21. The minimum Gasteiger partial charge on any atom is -0.469 e. The molecule has 0 bridgehead atoms. The van der Waals surface area contributed by atoms with E-state index in [9.17, 15) is 4.79 Å². The van der Waals surface area contributed by atoms with Crippen molar-refractivity contribution in [3.63, 3.8) is 0 Å². The molecule has 0 radical (unpaired) electrons. The summed E-state index contributed by atoms with van der Waals surface area (Å²) in [5.41, 5.74) is 1.09. The van der Waals surface area contributed by atoms with Gasteiger partial charge in [-0.25, -0.2) is 0 Å². The van der Waals surface area contributed by atoms with E-state index in [4.69, 9.17) is 16.9 Å². The van der Waals surface area contributed by atoms with E-state index in [0.29, 0.717) is 16.1 Å².